The van der Waals surface area contributed by atoms with E-state index in [0.717, 1.165) is 11.3 Å². The number of carbonyl (C=O) groups is 2. The van der Waals surface area contributed by atoms with Crippen molar-refractivity contribution >= 4 is 46.8 Å². The molecule has 3 aromatic rings. The number of aryl methyl sites for hydroxylation is 1. The molecule has 4 rings (SSSR count). The first-order valence-electron chi connectivity index (χ1n) is 10.2. The van der Waals surface area contributed by atoms with Gasteiger partial charge in [0.15, 0.2) is 5.75 Å². The van der Waals surface area contributed by atoms with E-state index in [0.29, 0.717) is 23.6 Å². The molecular formula is C25H20Cl2N2O4. The van der Waals surface area contributed by atoms with E-state index in [9.17, 15) is 9.59 Å². The van der Waals surface area contributed by atoms with Crippen molar-refractivity contribution in [2.24, 2.45) is 0 Å². The second-order valence-corrected chi connectivity index (χ2v) is 8.12. The van der Waals surface area contributed by atoms with E-state index in [-0.39, 0.29) is 22.2 Å². The normalized spacial score (nSPS) is 14.5. The highest BCUT2D eigenvalue weighted by atomic mass is 35.5. The van der Waals surface area contributed by atoms with Gasteiger partial charge >= 0.3 is 0 Å². The van der Waals surface area contributed by atoms with Gasteiger partial charge in [0.05, 0.1) is 15.7 Å². The molecule has 1 heterocycles. The molecule has 0 spiro atoms. The molecule has 0 bridgehead atoms. The molecule has 0 atom stereocenters. The van der Waals surface area contributed by atoms with Crippen LogP contribution in [0, 0.1) is 6.92 Å². The zero-order valence-electron chi connectivity index (χ0n) is 17.7. The van der Waals surface area contributed by atoms with Gasteiger partial charge in [-0.3, -0.25) is 15.0 Å². The van der Waals surface area contributed by atoms with E-state index in [2.05, 4.69) is 5.43 Å². The highest BCUT2D eigenvalue weighted by Crippen LogP contribution is 2.35. The number of halogens is 2. The van der Waals surface area contributed by atoms with Crippen LogP contribution < -0.4 is 19.9 Å². The molecule has 0 unspecified atom stereocenters. The van der Waals surface area contributed by atoms with Crippen LogP contribution in [0.1, 0.15) is 11.1 Å². The van der Waals surface area contributed by atoms with Gasteiger partial charge in [0, 0.05) is 0 Å². The monoisotopic (exact) mass is 482 g/mol. The summed E-state index contributed by atoms with van der Waals surface area (Å²) in [4.78, 5) is 25.1. The van der Waals surface area contributed by atoms with Crippen molar-refractivity contribution in [2.75, 3.05) is 18.2 Å². The van der Waals surface area contributed by atoms with Gasteiger partial charge in [-0.05, 0) is 60.5 Å². The predicted molar refractivity (Wildman–Crippen MR) is 129 cm³/mol. The Morgan fingerprint density at radius 3 is 2.30 bits per heavy atom. The van der Waals surface area contributed by atoms with Crippen LogP contribution in [0.4, 0.5) is 5.69 Å². The molecular weight excluding hydrogens is 463 g/mol. The topological polar surface area (TPSA) is 67.9 Å². The molecule has 6 nitrogen and oxygen atoms in total. The van der Waals surface area contributed by atoms with Crippen molar-refractivity contribution in [1.29, 1.82) is 0 Å². The lowest BCUT2D eigenvalue weighted by Crippen LogP contribution is -2.35. The number of para-hydroxylation sites is 1. The molecule has 2 amide bonds. The predicted octanol–water partition coefficient (Wildman–Crippen LogP) is 5.22. The lowest BCUT2D eigenvalue weighted by molar-refractivity contribution is -0.117. The smallest absolute Gasteiger partial charge is 0.282 e. The maximum Gasteiger partial charge on any atom is 0.282 e. The minimum absolute atomic E-state index is 0.0220. The van der Waals surface area contributed by atoms with Crippen molar-refractivity contribution in [3.8, 4) is 11.5 Å². The van der Waals surface area contributed by atoms with Crippen LogP contribution in [-0.2, 0) is 9.59 Å². The van der Waals surface area contributed by atoms with Crippen LogP contribution in [0.3, 0.4) is 0 Å². The highest BCUT2D eigenvalue weighted by Gasteiger charge is 2.34. The van der Waals surface area contributed by atoms with Gasteiger partial charge in [0.25, 0.3) is 11.8 Å². The Balaban J connectivity index is 1.44. The number of ether oxygens (including phenoxy) is 2. The van der Waals surface area contributed by atoms with E-state index >= 15 is 0 Å². The number of amides is 2. The van der Waals surface area contributed by atoms with E-state index in [1.54, 1.807) is 36.4 Å². The van der Waals surface area contributed by atoms with Crippen molar-refractivity contribution in [2.45, 2.75) is 6.92 Å². The molecule has 33 heavy (non-hydrogen) atoms. The third kappa shape index (κ3) is 5.30. The third-order valence-electron chi connectivity index (χ3n) is 4.83. The molecule has 3 aromatic carbocycles. The molecule has 168 valence electrons. The maximum atomic E-state index is 12.7. The van der Waals surface area contributed by atoms with Crippen LogP contribution in [0.25, 0.3) is 6.08 Å². The SMILES string of the molecule is Cc1cccc(OCCOc2c(Cl)cc(C=C3C(=O)NN(c4ccccc4)C3=O)cc2Cl)c1. The van der Waals surface area contributed by atoms with Crippen LogP contribution in [0.2, 0.25) is 10.0 Å². The Morgan fingerprint density at radius 2 is 1.61 bits per heavy atom. The Labute approximate surface area is 201 Å². The van der Waals surface area contributed by atoms with Crippen LogP contribution in [0.15, 0.2) is 72.3 Å². The summed E-state index contributed by atoms with van der Waals surface area (Å²) in [6.45, 7) is 2.54. The molecule has 8 heteroatoms. The van der Waals surface area contributed by atoms with Gasteiger partial charge < -0.3 is 9.47 Å². The lowest BCUT2D eigenvalue weighted by atomic mass is 10.1. The quantitative estimate of drug-likeness (QED) is 0.284. The van der Waals surface area contributed by atoms with Crippen molar-refractivity contribution in [3.63, 3.8) is 0 Å². The average Bonchev–Trinajstić information content (AvgIpc) is 3.07. The Morgan fingerprint density at radius 1 is 0.909 bits per heavy atom. The van der Waals surface area contributed by atoms with E-state index in [1.165, 1.54) is 11.1 Å². The number of rotatable bonds is 7. The molecule has 0 aliphatic carbocycles. The lowest BCUT2D eigenvalue weighted by Gasteiger charge is -2.14. The Hall–Kier alpha value is -3.48. The number of hydrogen-bond donors (Lipinski definition) is 1. The summed E-state index contributed by atoms with van der Waals surface area (Å²) >= 11 is 12.7. The number of anilines is 1. The number of benzene rings is 3. The van der Waals surface area contributed by atoms with Gasteiger partial charge in [-0.2, -0.15) is 0 Å². The summed E-state index contributed by atoms with van der Waals surface area (Å²) in [6.07, 6.45) is 1.45. The number of hydrazine groups is 1. The molecule has 1 N–H and O–H groups in total. The summed E-state index contributed by atoms with van der Waals surface area (Å²) < 4.78 is 11.4. The summed E-state index contributed by atoms with van der Waals surface area (Å²) in [5, 5.41) is 1.72. The number of nitrogens with zero attached hydrogens (tertiary/aromatic N) is 1. The highest BCUT2D eigenvalue weighted by molar-refractivity contribution is 6.37. The Kier molecular flexibility index (Phi) is 6.87. The van der Waals surface area contributed by atoms with Gasteiger partial charge in [-0.1, -0.05) is 53.5 Å². The summed E-state index contributed by atoms with van der Waals surface area (Å²) in [7, 11) is 0. The summed E-state index contributed by atoms with van der Waals surface area (Å²) in [6, 6.07) is 19.7. The average molecular weight is 483 g/mol. The largest absolute Gasteiger partial charge is 0.490 e. The zero-order valence-corrected chi connectivity index (χ0v) is 19.2. The second-order valence-electron chi connectivity index (χ2n) is 7.30. The number of nitrogens with one attached hydrogen (secondary N) is 1. The minimum atomic E-state index is -0.510. The van der Waals surface area contributed by atoms with Gasteiger partial charge in [0.1, 0.15) is 24.5 Å². The van der Waals surface area contributed by atoms with E-state index < -0.39 is 11.8 Å². The minimum Gasteiger partial charge on any atom is -0.490 e. The fourth-order valence-corrected chi connectivity index (χ4v) is 3.91. The molecule has 0 radical (unpaired) electrons. The van der Waals surface area contributed by atoms with Crippen LogP contribution in [0.5, 0.6) is 11.5 Å². The number of hydrogen-bond acceptors (Lipinski definition) is 4. The fraction of sp³-hybridized carbons (Fsp3) is 0.120. The summed E-state index contributed by atoms with van der Waals surface area (Å²) in [5.74, 6) is 0.0834. The molecule has 1 aliphatic heterocycles. The van der Waals surface area contributed by atoms with Gasteiger partial charge in [0.2, 0.25) is 0 Å². The van der Waals surface area contributed by atoms with E-state index in [1.807, 2.05) is 37.3 Å². The molecule has 1 fully saturated rings. The first kappa shape index (κ1) is 22.7. The molecule has 0 aromatic heterocycles. The van der Waals surface area contributed by atoms with Crippen LogP contribution >= 0.6 is 23.2 Å². The first-order chi connectivity index (χ1) is 15.9. The third-order valence-corrected chi connectivity index (χ3v) is 5.39. The first-order valence-corrected chi connectivity index (χ1v) is 10.9. The van der Waals surface area contributed by atoms with E-state index in [4.69, 9.17) is 32.7 Å². The molecule has 0 saturated carbocycles. The number of carbonyl (C=O) groups excluding carboxylic acids is 2. The molecule has 1 saturated heterocycles. The second kappa shape index (κ2) is 9.98. The van der Waals surface area contributed by atoms with Crippen LogP contribution in [-0.4, -0.2) is 25.0 Å². The fourth-order valence-electron chi connectivity index (χ4n) is 3.29. The summed E-state index contributed by atoms with van der Waals surface area (Å²) in [5.41, 5.74) is 4.70. The van der Waals surface area contributed by atoms with Crippen molar-refractivity contribution in [1.82, 2.24) is 5.43 Å². The van der Waals surface area contributed by atoms with Gasteiger partial charge in [-0.15, -0.1) is 0 Å². The zero-order chi connectivity index (χ0) is 23.4. The standard InChI is InChI=1S/C25H20Cl2N2O4/c1-16-6-5-9-19(12-16)32-10-11-33-23-21(26)14-17(15-22(23)27)13-20-24(30)28-29(25(20)31)18-7-3-2-4-8-18/h2-9,12-15H,10-11H2,1H3,(H,28,30). The molecule has 1 aliphatic rings. The maximum absolute atomic E-state index is 12.7. The van der Waals surface area contributed by atoms with Gasteiger partial charge in [-0.25, -0.2) is 5.01 Å². The van der Waals surface area contributed by atoms with Crippen molar-refractivity contribution < 1.29 is 19.1 Å². The Bertz CT molecular complexity index is 1210. The van der Waals surface area contributed by atoms with Crippen molar-refractivity contribution in [3.05, 3.63) is 93.5 Å².